The van der Waals surface area contributed by atoms with Gasteiger partial charge in [-0.3, -0.25) is 0 Å². The molecular formula is C12H13NO. The number of hydrogen-bond acceptors (Lipinski definition) is 1. The van der Waals surface area contributed by atoms with Gasteiger partial charge in [0.05, 0.1) is 6.61 Å². The number of hydrogen-bond donors (Lipinski definition) is 1. The fourth-order valence-corrected chi connectivity index (χ4v) is 1.54. The summed E-state index contributed by atoms with van der Waals surface area (Å²) < 4.78 is 2.09. The lowest BCUT2D eigenvalue weighted by atomic mass is 10.1. The molecule has 0 spiro atoms. The van der Waals surface area contributed by atoms with Crippen LogP contribution in [0.15, 0.2) is 48.8 Å². The quantitative estimate of drug-likeness (QED) is 0.781. The van der Waals surface area contributed by atoms with E-state index in [1.165, 1.54) is 5.56 Å². The van der Waals surface area contributed by atoms with Gasteiger partial charge in [-0.25, -0.2) is 0 Å². The zero-order chi connectivity index (χ0) is 9.80. The molecule has 72 valence electrons. The van der Waals surface area contributed by atoms with Crippen LogP contribution in [0.1, 0.15) is 11.1 Å². The number of benzene rings is 1. The van der Waals surface area contributed by atoms with Crippen molar-refractivity contribution in [3.63, 3.8) is 0 Å². The fraction of sp³-hybridized carbons (Fsp3) is 0.167. The van der Waals surface area contributed by atoms with Crippen molar-refractivity contribution in [1.29, 1.82) is 0 Å². The molecule has 0 radical (unpaired) electrons. The van der Waals surface area contributed by atoms with Crippen LogP contribution in [0.2, 0.25) is 0 Å². The lowest BCUT2D eigenvalue weighted by Crippen LogP contribution is -2.00. The molecular weight excluding hydrogens is 174 g/mol. The van der Waals surface area contributed by atoms with Gasteiger partial charge in [-0.2, -0.15) is 0 Å². The van der Waals surface area contributed by atoms with Gasteiger partial charge in [-0.1, -0.05) is 24.3 Å². The molecule has 0 unspecified atom stereocenters. The SMILES string of the molecule is OCc1ccccc1Cn1cccc1. The molecule has 0 aliphatic carbocycles. The first-order chi connectivity index (χ1) is 6.90. The molecule has 2 aromatic rings. The molecule has 0 bridgehead atoms. The Morgan fingerprint density at radius 2 is 1.57 bits per heavy atom. The highest BCUT2D eigenvalue weighted by molar-refractivity contribution is 5.26. The molecule has 1 aromatic heterocycles. The van der Waals surface area contributed by atoms with E-state index in [4.69, 9.17) is 5.11 Å². The molecule has 1 heterocycles. The second-order valence-electron chi connectivity index (χ2n) is 3.28. The third-order valence-electron chi connectivity index (χ3n) is 2.31. The number of aromatic nitrogens is 1. The van der Waals surface area contributed by atoms with Gasteiger partial charge in [0.25, 0.3) is 0 Å². The Morgan fingerprint density at radius 1 is 0.929 bits per heavy atom. The van der Waals surface area contributed by atoms with Crippen molar-refractivity contribution in [3.8, 4) is 0 Å². The predicted molar refractivity (Wildman–Crippen MR) is 55.9 cm³/mol. The third-order valence-corrected chi connectivity index (χ3v) is 2.31. The van der Waals surface area contributed by atoms with E-state index in [2.05, 4.69) is 4.57 Å². The highest BCUT2D eigenvalue weighted by atomic mass is 16.3. The zero-order valence-electron chi connectivity index (χ0n) is 7.93. The highest BCUT2D eigenvalue weighted by Crippen LogP contribution is 2.10. The second-order valence-corrected chi connectivity index (χ2v) is 3.28. The average Bonchev–Trinajstić information content (AvgIpc) is 2.71. The monoisotopic (exact) mass is 187 g/mol. The van der Waals surface area contributed by atoms with Crippen LogP contribution in [0, 0.1) is 0 Å². The first kappa shape index (κ1) is 9.03. The number of nitrogens with zero attached hydrogens (tertiary/aromatic N) is 1. The maximum Gasteiger partial charge on any atom is 0.0685 e. The van der Waals surface area contributed by atoms with Gasteiger partial charge < -0.3 is 9.67 Å². The smallest absolute Gasteiger partial charge is 0.0685 e. The molecule has 1 N–H and O–H groups in total. The van der Waals surface area contributed by atoms with E-state index in [1.54, 1.807) is 0 Å². The Morgan fingerprint density at radius 3 is 2.21 bits per heavy atom. The predicted octanol–water partition coefficient (Wildman–Crippen LogP) is 2.03. The Hall–Kier alpha value is -1.54. The third kappa shape index (κ3) is 1.86. The lowest BCUT2D eigenvalue weighted by Gasteiger charge is -2.07. The van der Waals surface area contributed by atoms with Gasteiger partial charge >= 0.3 is 0 Å². The van der Waals surface area contributed by atoms with Crippen LogP contribution in [0.25, 0.3) is 0 Å². The summed E-state index contributed by atoms with van der Waals surface area (Å²) in [5.41, 5.74) is 2.17. The fourth-order valence-electron chi connectivity index (χ4n) is 1.54. The van der Waals surface area contributed by atoms with E-state index in [-0.39, 0.29) is 6.61 Å². The molecule has 0 atom stereocenters. The van der Waals surface area contributed by atoms with Crippen LogP contribution in [-0.2, 0) is 13.2 Å². The summed E-state index contributed by atoms with van der Waals surface area (Å²) >= 11 is 0. The first-order valence-electron chi connectivity index (χ1n) is 4.68. The average molecular weight is 187 g/mol. The molecule has 2 heteroatoms. The maximum atomic E-state index is 9.14. The molecule has 0 aliphatic rings. The second kappa shape index (κ2) is 4.11. The van der Waals surface area contributed by atoms with Crippen LogP contribution >= 0.6 is 0 Å². The Labute approximate surface area is 83.4 Å². The minimum atomic E-state index is 0.109. The molecule has 0 aliphatic heterocycles. The normalized spacial score (nSPS) is 10.4. The van der Waals surface area contributed by atoms with E-state index in [9.17, 15) is 0 Å². The highest BCUT2D eigenvalue weighted by Gasteiger charge is 1.99. The number of aliphatic hydroxyl groups is 1. The number of rotatable bonds is 3. The Kier molecular flexibility index (Phi) is 2.65. The Bertz CT molecular complexity index is 392. The molecule has 14 heavy (non-hydrogen) atoms. The molecule has 2 rings (SSSR count). The van der Waals surface area contributed by atoms with Gasteiger partial charge in [-0.15, -0.1) is 0 Å². The van der Waals surface area contributed by atoms with Gasteiger partial charge in [0.1, 0.15) is 0 Å². The summed E-state index contributed by atoms with van der Waals surface area (Å²) in [6.07, 6.45) is 4.04. The van der Waals surface area contributed by atoms with E-state index >= 15 is 0 Å². The summed E-state index contributed by atoms with van der Waals surface area (Å²) in [7, 11) is 0. The van der Waals surface area contributed by atoms with Gasteiger partial charge in [0.2, 0.25) is 0 Å². The summed E-state index contributed by atoms with van der Waals surface area (Å²) in [6.45, 7) is 0.932. The van der Waals surface area contributed by atoms with Crippen LogP contribution < -0.4 is 0 Å². The summed E-state index contributed by atoms with van der Waals surface area (Å²) in [5.74, 6) is 0. The van der Waals surface area contributed by atoms with E-state index < -0.39 is 0 Å². The van der Waals surface area contributed by atoms with Crippen LogP contribution in [0.3, 0.4) is 0 Å². The minimum absolute atomic E-state index is 0.109. The van der Waals surface area contributed by atoms with Crippen molar-refractivity contribution in [3.05, 3.63) is 59.9 Å². The summed E-state index contributed by atoms with van der Waals surface area (Å²) in [4.78, 5) is 0. The molecule has 2 nitrogen and oxygen atoms in total. The van der Waals surface area contributed by atoms with Crippen LogP contribution in [-0.4, -0.2) is 9.67 Å². The van der Waals surface area contributed by atoms with Gasteiger partial charge in [-0.05, 0) is 23.3 Å². The number of aliphatic hydroxyl groups excluding tert-OH is 1. The first-order valence-corrected chi connectivity index (χ1v) is 4.68. The van der Waals surface area contributed by atoms with Crippen molar-refractivity contribution in [1.82, 2.24) is 4.57 Å². The van der Waals surface area contributed by atoms with Crippen molar-refractivity contribution < 1.29 is 5.11 Å². The van der Waals surface area contributed by atoms with Crippen LogP contribution in [0.4, 0.5) is 0 Å². The minimum Gasteiger partial charge on any atom is -0.392 e. The van der Waals surface area contributed by atoms with E-state index in [1.807, 2.05) is 48.8 Å². The van der Waals surface area contributed by atoms with Gasteiger partial charge in [0, 0.05) is 18.9 Å². The van der Waals surface area contributed by atoms with Crippen molar-refractivity contribution in [2.24, 2.45) is 0 Å². The van der Waals surface area contributed by atoms with Crippen molar-refractivity contribution >= 4 is 0 Å². The molecule has 0 fully saturated rings. The molecule has 0 saturated carbocycles. The topological polar surface area (TPSA) is 25.2 Å². The summed E-state index contributed by atoms with van der Waals surface area (Å²) in [6, 6.07) is 12.0. The maximum absolute atomic E-state index is 9.14. The molecule has 0 amide bonds. The lowest BCUT2D eigenvalue weighted by molar-refractivity contribution is 0.280. The van der Waals surface area contributed by atoms with Crippen molar-refractivity contribution in [2.45, 2.75) is 13.2 Å². The van der Waals surface area contributed by atoms with Crippen LogP contribution in [0.5, 0.6) is 0 Å². The standard InChI is InChI=1S/C12H13NO/c14-10-12-6-2-1-5-11(12)9-13-7-3-4-8-13/h1-8,14H,9-10H2. The molecule has 0 saturated heterocycles. The van der Waals surface area contributed by atoms with Gasteiger partial charge in [0.15, 0.2) is 0 Å². The molecule has 1 aromatic carbocycles. The summed E-state index contributed by atoms with van der Waals surface area (Å²) in [5, 5.41) is 9.14. The van der Waals surface area contributed by atoms with E-state index in [0.29, 0.717) is 0 Å². The zero-order valence-corrected chi connectivity index (χ0v) is 7.93. The Balaban J connectivity index is 2.24. The van der Waals surface area contributed by atoms with E-state index in [0.717, 1.165) is 12.1 Å². The van der Waals surface area contributed by atoms with Crippen molar-refractivity contribution in [2.75, 3.05) is 0 Å². The largest absolute Gasteiger partial charge is 0.392 e.